The average molecular weight is 287 g/mol. The molecule has 0 aliphatic carbocycles. The van der Waals surface area contributed by atoms with Gasteiger partial charge in [0.05, 0.1) is 12.1 Å². The molecule has 0 spiro atoms. The van der Waals surface area contributed by atoms with Gasteiger partial charge in [-0.3, -0.25) is 9.59 Å². The van der Waals surface area contributed by atoms with Crippen molar-refractivity contribution in [1.29, 1.82) is 0 Å². The number of amides is 1. The van der Waals surface area contributed by atoms with E-state index in [-0.39, 0.29) is 12.3 Å². The Morgan fingerprint density at radius 2 is 2.19 bits per heavy atom. The largest absolute Gasteiger partial charge is 0.481 e. The molecule has 1 amide bonds. The van der Waals surface area contributed by atoms with Crippen LogP contribution in [0.3, 0.4) is 0 Å². The van der Waals surface area contributed by atoms with Crippen LogP contribution in [0.15, 0.2) is 36.7 Å². The van der Waals surface area contributed by atoms with Crippen LogP contribution in [-0.4, -0.2) is 32.8 Å². The summed E-state index contributed by atoms with van der Waals surface area (Å²) in [5, 5.41) is 15.5. The van der Waals surface area contributed by atoms with Crippen molar-refractivity contribution in [3.63, 3.8) is 0 Å². The molecule has 0 aliphatic rings. The first-order chi connectivity index (χ1) is 9.97. The van der Waals surface area contributed by atoms with Gasteiger partial charge in [-0.1, -0.05) is 0 Å². The molecule has 2 aromatic rings. The molecule has 6 nitrogen and oxygen atoms in total. The number of aliphatic carboxylic acids is 1. The summed E-state index contributed by atoms with van der Waals surface area (Å²) in [5.74, 6) is -1.22. The topological polar surface area (TPSA) is 84.2 Å². The second-order valence-corrected chi connectivity index (χ2v) is 4.92. The lowest BCUT2D eigenvalue weighted by Crippen LogP contribution is -2.34. The molecule has 0 bridgehead atoms. The van der Waals surface area contributed by atoms with Crippen LogP contribution in [0.5, 0.6) is 0 Å². The summed E-state index contributed by atoms with van der Waals surface area (Å²) in [5.41, 5.74) is 2.31. The molecule has 21 heavy (non-hydrogen) atoms. The smallest absolute Gasteiger partial charge is 0.305 e. The van der Waals surface area contributed by atoms with E-state index in [1.807, 2.05) is 25.3 Å². The number of benzene rings is 1. The van der Waals surface area contributed by atoms with Crippen LogP contribution in [0.25, 0.3) is 5.69 Å². The average Bonchev–Trinajstić information content (AvgIpc) is 2.91. The molecule has 1 unspecified atom stereocenters. The van der Waals surface area contributed by atoms with Gasteiger partial charge in [0.25, 0.3) is 5.91 Å². The Bertz CT molecular complexity index is 650. The maximum atomic E-state index is 12.1. The van der Waals surface area contributed by atoms with Crippen molar-refractivity contribution in [2.24, 2.45) is 0 Å². The SMILES string of the molecule is Cc1cc(C(=O)NC(C)CC(=O)O)ccc1-n1cccn1. The van der Waals surface area contributed by atoms with Gasteiger partial charge in [0.15, 0.2) is 0 Å². The number of rotatable bonds is 5. The number of aryl methyl sites for hydroxylation is 1. The first kappa shape index (κ1) is 14.8. The monoisotopic (exact) mass is 287 g/mol. The van der Waals surface area contributed by atoms with Gasteiger partial charge in [0, 0.05) is 24.0 Å². The summed E-state index contributed by atoms with van der Waals surface area (Å²) in [6.45, 7) is 3.56. The number of carbonyl (C=O) groups excluding carboxylic acids is 1. The Hall–Kier alpha value is -2.63. The van der Waals surface area contributed by atoms with Crippen molar-refractivity contribution in [1.82, 2.24) is 15.1 Å². The summed E-state index contributed by atoms with van der Waals surface area (Å²) in [4.78, 5) is 22.7. The van der Waals surface area contributed by atoms with Gasteiger partial charge in [-0.05, 0) is 43.7 Å². The van der Waals surface area contributed by atoms with Crippen LogP contribution >= 0.6 is 0 Å². The molecule has 1 atom stereocenters. The molecule has 0 saturated heterocycles. The van der Waals surface area contributed by atoms with E-state index in [9.17, 15) is 9.59 Å². The highest BCUT2D eigenvalue weighted by atomic mass is 16.4. The molecule has 0 radical (unpaired) electrons. The van der Waals surface area contributed by atoms with E-state index >= 15 is 0 Å². The number of hydrogen-bond acceptors (Lipinski definition) is 3. The van der Waals surface area contributed by atoms with Crippen molar-refractivity contribution in [3.05, 3.63) is 47.8 Å². The lowest BCUT2D eigenvalue weighted by Gasteiger charge is -2.13. The predicted molar refractivity (Wildman–Crippen MR) is 77.5 cm³/mol. The Morgan fingerprint density at radius 3 is 2.76 bits per heavy atom. The van der Waals surface area contributed by atoms with E-state index in [2.05, 4.69) is 10.4 Å². The molecule has 1 aromatic heterocycles. The van der Waals surface area contributed by atoms with E-state index in [1.54, 1.807) is 29.9 Å². The zero-order valence-corrected chi connectivity index (χ0v) is 11.9. The highest BCUT2D eigenvalue weighted by molar-refractivity contribution is 5.95. The fourth-order valence-corrected chi connectivity index (χ4v) is 2.09. The minimum atomic E-state index is -0.937. The summed E-state index contributed by atoms with van der Waals surface area (Å²) in [6.07, 6.45) is 3.42. The zero-order chi connectivity index (χ0) is 15.4. The van der Waals surface area contributed by atoms with Crippen molar-refractivity contribution in [3.8, 4) is 5.69 Å². The van der Waals surface area contributed by atoms with Crippen molar-refractivity contribution < 1.29 is 14.7 Å². The highest BCUT2D eigenvalue weighted by Crippen LogP contribution is 2.15. The van der Waals surface area contributed by atoms with Crippen molar-refractivity contribution in [2.45, 2.75) is 26.3 Å². The van der Waals surface area contributed by atoms with E-state index in [0.29, 0.717) is 5.56 Å². The van der Waals surface area contributed by atoms with Crippen molar-refractivity contribution >= 4 is 11.9 Å². The Balaban J connectivity index is 2.13. The maximum Gasteiger partial charge on any atom is 0.305 e. The van der Waals surface area contributed by atoms with Crippen molar-refractivity contribution in [2.75, 3.05) is 0 Å². The normalized spacial score (nSPS) is 11.9. The molecule has 1 aromatic carbocycles. The van der Waals surface area contributed by atoms with E-state index in [1.165, 1.54) is 0 Å². The van der Waals surface area contributed by atoms with Gasteiger partial charge in [-0.25, -0.2) is 4.68 Å². The van der Waals surface area contributed by atoms with Crippen LogP contribution in [0.4, 0.5) is 0 Å². The number of carboxylic acids is 1. The lowest BCUT2D eigenvalue weighted by molar-refractivity contribution is -0.137. The second-order valence-electron chi connectivity index (χ2n) is 4.92. The summed E-state index contributed by atoms with van der Waals surface area (Å²) < 4.78 is 1.73. The molecular formula is C15H17N3O3. The Labute approximate surface area is 122 Å². The van der Waals surface area contributed by atoms with Crippen LogP contribution < -0.4 is 5.32 Å². The number of carboxylic acid groups (broad SMARTS) is 1. The zero-order valence-electron chi connectivity index (χ0n) is 11.9. The van der Waals surface area contributed by atoms with Crippen LogP contribution in [-0.2, 0) is 4.79 Å². The standard InChI is InChI=1S/C15H17N3O3/c1-10-8-12(15(21)17-11(2)9-14(19)20)4-5-13(10)18-7-3-6-16-18/h3-8,11H,9H2,1-2H3,(H,17,21)(H,19,20). The second kappa shape index (κ2) is 6.21. The number of aromatic nitrogens is 2. The maximum absolute atomic E-state index is 12.1. The number of hydrogen-bond donors (Lipinski definition) is 2. The van der Waals surface area contributed by atoms with E-state index in [4.69, 9.17) is 5.11 Å². The van der Waals surface area contributed by atoms with Gasteiger partial charge in [-0.2, -0.15) is 5.10 Å². The number of nitrogens with one attached hydrogen (secondary N) is 1. The molecular weight excluding hydrogens is 270 g/mol. The molecule has 2 rings (SSSR count). The van der Waals surface area contributed by atoms with E-state index in [0.717, 1.165) is 11.3 Å². The van der Waals surface area contributed by atoms with Gasteiger partial charge < -0.3 is 10.4 Å². The molecule has 0 aliphatic heterocycles. The molecule has 1 heterocycles. The van der Waals surface area contributed by atoms with Gasteiger partial charge in [0.2, 0.25) is 0 Å². The van der Waals surface area contributed by atoms with Crippen LogP contribution in [0.1, 0.15) is 29.3 Å². The predicted octanol–water partition coefficient (Wildman–Crippen LogP) is 1.77. The third kappa shape index (κ3) is 3.68. The first-order valence-electron chi connectivity index (χ1n) is 6.60. The third-order valence-electron chi connectivity index (χ3n) is 3.07. The summed E-state index contributed by atoms with van der Waals surface area (Å²) in [7, 11) is 0. The summed E-state index contributed by atoms with van der Waals surface area (Å²) >= 11 is 0. The van der Waals surface area contributed by atoms with Crippen LogP contribution in [0.2, 0.25) is 0 Å². The van der Waals surface area contributed by atoms with E-state index < -0.39 is 12.0 Å². The minimum Gasteiger partial charge on any atom is -0.481 e. The molecule has 6 heteroatoms. The highest BCUT2D eigenvalue weighted by Gasteiger charge is 2.13. The van der Waals surface area contributed by atoms with Gasteiger partial charge >= 0.3 is 5.97 Å². The first-order valence-corrected chi connectivity index (χ1v) is 6.60. The lowest BCUT2D eigenvalue weighted by atomic mass is 10.1. The van der Waals surface area contributed by atoms with Crippen LogP contribution in [0, 0.1) is 6.92 Å². The summed E-state index contributed by atoms with van der Waals surface area (Å²) in [6, 6.07) is 6.69. The van der Waals surface area contributed by atoms with Gasteiger partial charge in [-0.15, -0.1) is 0 Å². The quantitative estimate of drug-likeness (QED) is 0.877. The number of nitrogens with zero attached hydrogens (tertiary/aromatic N) is 2. The molecule has 0 fully saturated rings. The molecule has 2 N–H and O–H groups in total. The van der Waals surface area contributed by atoms with Gasteiger partial charge in [0.1, 0.15) is 0 Å². The Kier molecular flexibility index (Phi) is 4.37. The Morgan fingerprint density at radius 1 is 1.43 bits per heavy atom. The molecule has 110 valence electrons. The third-order valence-corrected chi connectivity index (χ3v) is 3.07. The fourth-order valence-electron chi connectivity index (χ4n) is 2.09. The molecule has 0 saturated carbocycles. The minimum absolute atomic E-state index is 0.101. The number of carbonyl (C=O) groups is 2. The fraction of sp³-hybridized carbons (Fsp3) is 0.267.